The van der Waals surface area contributed by atoms with Crippen LogP contribution in [0.25, 0.3) is 6.08 Å². The minimum Gasteiger partial charge on any atom is -0.487 e. The monoisotopic (exact) mass is 470 g/mol. The van der Waals surface area contributed by atoms with Crippen molar-refractivity contribution in [2.45, 2.75) is 13.5 Å². The smallest absolute Gasteiger partial charge is 0.248 e. The maximum atomic E-state index is 12.4. The maximum absolute atomic E-state index is 12.4. The number of nitrogens with zero attached hydrogens (tertiary/aromatic N) is 3. The van der Waals surface area contributed by atoms with Gasteiger partial charge in [0.15, 0.2) is 5.13 Å². The van der Waals surface area contributed by atoms with Crippen LogP contribution in [0, 0.1) is 0 Å². The second-order valence-corrected chi connectivity index (χ2v) is 8.04. The van der Waals surface area contributed by atoms with Crippen molar-refractivity contribution in [1.29, 1.82) is 0 Å². The molecule has 2 heterocycles. The van der Waals surface area contributed by atoms with Gasteiger partial charge in [0, 0.05) is 36.3 Å². The average Bonchev–Trinajstić information content (AvgIpc) is 3.31. The molecule has 0 saturated carbocycles. The van der Waals surface area contributed by atoms with Crippen LogP contribution >= 0.6 is 11.3 Å². The molecule has 4 aromatic rings. The molecule has 0 fully saturated rings. The Bertz CT molecular complexity index is 1290. The Balaban J connectivity index is 1.37. The predicted molar refractivity (Wildman–Crippen MR) is 134 cm³/mol. The molecule has 0 aliphatic heterocycles. The van der Waals surface area contributed by atoms with E-state index < -0.39 is 0 Å². The molecule has 0 bridgehead atoms. The summed E-state index contributed by atoms with van der Waals surface area (Å²) in [6.45, 7) is 1.83. The van der Waals surface area contributed by atoms with Crippen LogP contribution in [0.2, 0.25) is 0 Å². The molecule has 1 N–H and O–H groups in total. The fourth-order valence-electron chi connectivity index (χ4n) is 3.11. The summed E-state index contributed by atoms with van der Waals surface area (Å²) in [7, 11) is 0. The minimum absolute atomic E-state index is 0.140. The number of hydrogen-bond acceptors (Lipinski definition) is 6. The van der Waals surface area contributed by atoms with Gasteiger partial charge in [-0.2, -0.15) is 0 Å². The van der Waals surface area contributed by atoms with Crippen LogP contribution in [0.5, 0.6) is 5.75 Å². The number of thiazole rings is 1. The number of carbonyl (C=O) groups excluding carboxylic acids is 2. The Morgan fingerprint density at radius 1 is 1.06 bits per heavy atom. The van der Waals surface area contributed by atoms with Gasteiger partial charge in [0.25, 0.3) is 0 Å². The summed E-state index contributed by atoms with van der Waals surface area (Å²) in [6.07, 6.45) is 4.73. The third kappa shape index (κ3) is 6.14. The summed E-state index contributed by atoms with van der Waals surface area (Å²) < 4.78 is 5.75. The topological polar surface area (TPSA) is 84.4 Å². The molecule has 34 heavy (non-hydrogen) atoms. The van der Waals surface area contributed by atoms with E-state index in [9.17, 15) is 9.59 Å². The first kappa shape index (κ1) is 22.9. The Hall–Kier alpha value is -4.30. The molecular formula is C26H22N4O3S. The minimum atomic E-state index is -0.303. The van der Waals surface area contributed by atoms with Gasteiger partial charge >= 0.3 is 0 Å². The number of para-hydroxylation sites is 1. The van der Waals surface area contributed by atoms with Crippen molar-refractivity contribution in [1.82, 2.24) is 9.97 Å². The first-order valence-electron chi connectivity index (χ1n) is 10.5. The van der Waals surface area contributed by atoms with Gasteiger partial charge in [-0.1, -0.05) is 30.3 Å². The van der Waals surface area contributed by atoms with E-state index >= 15 is 0 Å². The summed E-state index contributed by atoms with van der Waals surface area (Å²) in [5.74, 6) is 0.184. The number of aromatic nitrogens is 2. The molecule has 0 atom stereocenters. The van der Waals surface area contributed by atoms with Crippen molar-refractivity contribution in [3.05, 3.63) is 102 Å². The quantitative estimate of drug-likeness (QED) is 0.346. The summed E-state index contributed by atoms with van der Waals surface area (Å²) in [4.78, 5) is 34.8. The molecule has 2 aromatic heterocycles. The lowest BCUT2D eigenvalue weighted by Crippen LogP contribution is -2.22. The van der Waals surface area contributed by atoms with Crippen LogP contribution in [0.4, 0.5) is 16.5 Å². The number of ether oxygens (including phenoxy) is 1. The van der Waals surface area contributed by atoms with Crippen LogP contribution < -0.4 is 15.0 Å². The highest BCUT2D eigenvalue weighted by atomic mass is 32.1. The molecule has 8 heteroatoms. The molecule has 2 aromatic carbocycles. The number of benzene rings is 2. The van der Waals surface area contributed by atoms with E-state index in [1.165, 1.54) is 24.3 Å². The normalized spacial score (nSPS) is 10.7. The number of pyridine rings is 1. The molecule has 0 saturated heterocycles. The van der Waals surface area contributed by atoms with Gasteiger partial charge in [0.1, 0.15) is 12.4 Å². The van der Waals surface area contributed by atoms with Crippen LogP contribution in [0.15, 0.2) is 90.4 Å². The molecule has 0 aliphatic rings. The number of nitrogens with one attached hydrogen (secondary N) is 1. The number of amides is 2. The Labute approximate surface area is 201 Å². The van der Waals surface area contributed by atoms with E-state index in [0.717, 1.165) is 11.4 Å². The predicted octanol–water partition coefficient (Wildman–Crippen LogP) is 5.45. The lowest BCUT2D eigenvalue weighted by Gasteiger charge is -2.17. The first-order chi connectivity index (χ1) is 16.6. The van der Waals surface area contributed by atoms with Crippen molar-refractivity contribution in [3.63, 3.8) is 0 Å². The van der Waals surface area contributed by atoms with E-state index in [-0.39, 0.29) is 11.8 Å². The standard InChI is InChI=1S/C26H22N4O3S/c1-19(31)30(23-10-3-2-4-11-23)26-29-22(18-34-26)13-14-25(32)28-20-9-7-12-24(16-20)33-17-21-8-5-6-15-27-21/h2-16,18H,17H2,1H3,(H,28,32)/b14-13+. The fraction of sp³-hybridized carbons (Fsp3) is 0.0769. The van der Waals surface area contributed by atoms with E-state index in [1.54, 1.807) is 40.8 Å². The first-order valence-corrected chi connectivity index (χ1v) is 11.4. The summed E-state index contributed by atoms with van der Waals surface area (Å²) in [5.41, 5.74) is 2.75. The summed E-state index contributed by atoms with van der Waals surface area (Å²) in [5, 5.41) is 5.15. The number of anilines is 3. The SMILES string of the molecule is CC(=O)N(c1ccccc1)c1nc(/C=C/C(=O)Nc2cccc(OCc3ccccn3)c2)cs1. The summed E-state index contributed by atoms with van der Waals surface area (Å²) >= 11 is 1.33. The molecule has 0 radical (unpaired) electrons. The summed E-state index contributed by atoms with van der Waals surface area (Å²) in [6, 6.07) is 22.1. The molecule has 2 amide bonds. The zero-order chi connectivity index (χ0) is 23.8. The lowest BCUT2D eigenvalue weighted by molar-refractivity contribution is -0.116. The van der Waals surface area contributed by atoms with Crippen LogP contribution in [-0.2, 0) is 16.2 Å². The molecule has 4 rings (SSSR count). The van der Waals surface area contributed by atoms with E-state index in [1.807, 2.05) is 54.6 Å². The molecule has 0 aliphatic carbocycles. The fourth-order valence-corrected chi connectivity index (χ4v) is 3.96. The van der Waals surface area contributed by atoms with E-state index in [2.05, 4.69) is 15.3 Å². The van der Waals surface area contributed by atoms with Gasteiger partial charge in [-0.3, -0.25) is 19.5 Å². The molecule has 7 nitrogen and oxygen atoms in total. The van der Waals surface area contributed by atoms with Gasteiger partial charge in [0.05, 0.1) is 17.1 Å². The average molecular weight is 471 g/mol. The van der Waals surface area contributed by atoms with Gasteiger partial charge in [-0.05, 0) is 42.5 Å². The second kappa shape index (κ2) is 11.0. The highest BCUT2D eigenvalue weighted by molar-refractivity contribution is 7.14. The van der Waals surface area contributed by atoms with E-state index in [0.29, 0.717) is 28.9 Å². The molecule has 0 unspecified atom stereocenters. The third-order valence-electron chi connectivity index (χ3n) is 4.65. The molecule has 0 spiro atoms. The molecule has 170 valence electrons. The zero-order valence-corrected chi connectivity index (χ0v) is 19.2. The lowest BCUT2D eigenvalue weighted by atomic mass is 10.3. The maximum Gasteiger partial charge on any atom is 0.248 e. The zero-order valence-electron chi connectivity index (χ0n) is 18.4. The van der Waals surface area contributed by atoms with Crippen LogP contribution in [0.3, 0.4) is 0 Å². The largest absolute Gasteiger partial charge is 0.487 e. The van der Waals surface area contributed by atoms with Gasteiger partial charge in [-0.25, -0.2) is 4.98 Å². The van der Waals surface area contributed by atoms with Crippen molar-refractivity contribution in [2.24, 2.45) is 0 Å². The van der Waals surface area contributed by atoms with Crippen LogP contribution in [0.1, 0.15) is 18.3 Å². The number of carbonyl (C=O) groups is 2. The van der Waals surface area contributed by atoms with Crippen molar-refractivity contribution >= 4 is 45.7 Å². The van der Waals surface area contributed by atoms with Crippen molar-refractivity contribution in [3.8, 4) is 5.75 Å². The van der Waals surface area contributed by atoms with Gasteiger partial charge in [0.2, 0.25) is 11.8 Å². The van der Waals surface area contributed by atoms with Crippen LogP contribution in [-0.4, -0.2) is 21.8 Å². The van der Waals surface area contributed by atoms with Gasteiger partial charge in [-0.15, -0.1) is 11.3 Å². The second-order valence-electron chi connectivity index (χ2n) is 7.21. The molecular weight excluding hydrogens is 448 g/mol. The van der Waals surface area contributed by atoms with Crippen molar-refractivity contribution < 1.29 is 14.3 Å². The number of hydrogen-bond donors (Lipinski definition) is 1. The third-order valence-corrected chi connectivity index (χ3v) is 5.49. The van der Waals surface area contributed by atoms with Crippen molar-refractivity contribution in [2.75, 3.05) is 10.2 Å². The van der Waals surface area contributed by atoms with Gasteiger partial charge < -0.3 is 10.1 Å². The highest BCUT2D eigenvalue weighted by Crippen LogP contribution is 2.29. The van der Waals surface area contributed by atoms with E-state index in [4.69, 9.17) is 4.74 Å². The Kier molecular flexibility index (Phi) is 7.42. The Morgan fingerprint density at radius 3 is 2.65 bits per heavy atom. The Morgan fingerprint density at radius 2 is 1.88 bits per heavy atom. The highest BCUT2D eigenvalue weighted by Gasteiger charge is 2.17. The number of rotatable bonds is 8.